The Balaban J connectivity index is 2.77. The number of benzene rings is 1. The quantitative estimate of drug-likeness (QED) is 0.568. The summed E-state index contributed by atoms with van der Waals surface area (Å²) in [7, 11) is 0. The first-order valence-corrected chi connectivity index (χ1v) is 5.09. The van der Waals surface area contributed by atoms with Gasteiger partial charge in [-0.1, -0.05) is 30.3 Å². The first kappa shape index (κ1) is 12.0. The first-order valence-electron chi connectivity index (χ1n) is 4.71. The lowest BCUT2D eigenvalue weighted by molar-refractivity contribution is 0.0991. The molecule has 0 unspecified atom stereocenters. The highest BCUT2D eigenvalue weighted by Crippen LogP contribution is 2.18. The van der Waals surface area contributed by atoms with Crippen molar-refractivity contribution in [1.82, 2.24) is 0 Å². The largest absolute Gasteiger partial charge is 0.377 e. The zero-order valence-corrected chi connectivity index (χ0v) is 9.38. The Bertz CT molecular complexity index is 372. The van der Waals surface area contributed by atoms with Crippen LogP contribution in [0.4, 0.5) is 0 Å². The molecule has 0 aliphatic rings. The van der Waals surface area contributed by atoms with E-state index >= 15 is 0 Å². The van der Waals surface area contributed by atoms with Crippen molar-refractivity contribution in [2.24, 2.45) is 0 Å². The van der Waals surface area contributed by atoms with Crippen LogP contribution in [0.5, 0.6) is 0 Å². The predicted octanol–water partition coefficient (Wildman–Crippen LogP) is 3.12. The average Bonchev–Trinajstić information content (AvgIpc) is 2.25. The van der Waals surface area contributed by atoms with Crippen molar-refractivity contribution in [3.05, 3.63) is 47.0 Å². The van der Waals surface area contributed by atoms with Crippen LogP contribution in [0.25, 0.3) is 0 Å². The van der Waals surface area contributed by atoms with Crippen LogP contribution in [-0.2, 0) is 4.74 Å². The molecular formula is C12H13ClO2. The minimum absolute atomic E-state index is 0.158. The molecule has 0 saturated carbocycles. The third-order valence-electron chi connectivity index (χ3n) is 1.92. The molecule has 0 spiro atoms. The number of halogens is 1. The maximum absolute atomic E-state index is 11.8. The van der Waals surface area contributed by atoms with Gasteiger partial charge in [-0.05, 0) is 19.1 Å². The van der Waals surface area contributed by atoms with Gasteiger partial charge in [0.25, 0.3) is 0 Å². The molecule has 2 nitrogen and oxygen atoms in total. The van der Waals surface area contributed by atoms with Crippen LogP contribution >= 0.6 is 11.6 Å². The van der Waals surface area contributed by atoms with Crippen LogP contribution in [0.1, 0.15) is 17.3 Å². The van der Waals surface area contributed by atoms with Gasteiger partial charge in [0, 0.05) is 17.7 Å². The Labute approximate surface area is 94.5 Å². The molecule has 0 N–H and O–H groups in total. The van der Waals surface area contributed by atoms with Gasteiger partial charge in [-0.3, -0.25) is 4.79 Å². The van der Waals surface area contributed by atoms with Crippen molar-refractivity contribution >= 4 is 17.4 Å². The van der Waals surface area contributed by atoms with E-state index in [1.165, 1.54) is 0 Å². The molecular weight excluding hydrogens is 212 g/mol. The number of ether oxygens (including phenoxy) is 1. The summed E-state index contributed by atoms with van der Waals surface area (Å²) >= 11 is 5.89. The summed E-state index contributed by atoms with van der Waals surface area (Å²) in [5.41, 5.74) is 0.897. The first-order chi connectivity index (χ1) is 7.16. The van der Waals surface area contributed by atoms with E-state index in [1.54, 1.807) is 24.3 Å². The van der Waals surface area contributed by atoms with E-state index in [0.717, 1.165) is 0 Å². The molecule has 0 bridgehead atoms. The molecule has 1 rings (SSSR count). The van der Waals surface area contributed by atoms with Crippen LogP contribution in [-0.4, -0.2) is 19.0 Å². The number of carbonyl (C=O) groups is 1. The highest BCUT2D eigenvalue weighted by molar-refractivity contribution is 6.34. The van der Waals surface area contributed by atoms with E-state index in [1.807, 2.05) is 6.92 Å². The van der Waals surface area contributed by atoms with Gasteiger partial charge in [0.15, 0.2) is 5.78 Å². The minimum Gasteiger partial charge on any atom is -0.377 e. The van der Waals surface area contributed by atoms with Gasteiger partial charge in [0.05, 0.1) is 11.6 Å². The molecule has 15 heavy (non-hydrogen) atoms. The molecule has 0 fully saturated rings. The second-order valence-electron chi connectivity index (χ2n) is 3.05. The summed E-state index contributed by atoms with van der Waals surface area (Å²) in [4.78, 5) is 11.8. The molecule has 80 valence electrons. The summed E-state index contributed by atoms with van der Waals surface area (Å²) in [5.74, 6) is -0.158. The van der Waals surface area contributed by atoms with E-state index in [0.29, 0.717) is 22.8 Å². The predicted molar refractivity (Wildman–Crippen MR) is 61.4 cm³/mol. The van der Waals surface area contributed by atoms with Gasteiger partial charge < -0.3 is 4.74 Å². The van der Waals surface area contributed by atoms with Gasteiger partial charge in [-0.25, -0.2) is 0 Å². The van der Waals surface area contributed by atoms with Crippen molar-refractivity contribution < 1.29 is 9.53 Å². The van der Waals surface area contributed by atoms with Gasteiger partial charge in [0.2, 0.25) is 0 Å². The Morgan fingerprint density at radius 3 is 2.73 bits per heavy atom. The maximum atomic E-state index is 11.8. The van der Waals surface area contributed by atoms with Gasteiger partial charge in [0.1, 0.15) is 0 Å². The highest BCUT2D eigenvalue weighted by atomic mass is 35.5. The molecule has 0 aliphatic carbocycles. The molecule has 0 aliphatic heterocycles. The standard InChI is InChI=1S/C12H13ClO2/c1-3-15-8-9(2)12(14)10-6-4-5-7-11(10)13/h4-7H,2-3,8H2,1H3. The molecule has 1 aromatic rings. The lowest BCUT2D eigenvalue weighted by atomic mass is 10.1. The SMILES string of the molecule is C=C(COCC)C(=O)c1ccccc1Cl. The summed E-state index contributed by atoms with van der Waals surface area (Å²) in [6.45, 7) is 6.36. The Kier molecular flexibility index (Phi) is 4.53. The average molecular weight is 225 g/mol. The van der Waals surface area contributed by atoms with Crippen LogP contribution in [0.15, 0.2) is 36.4 Å². The zero-order valence-electron chi connectivity index (χ0n) is 8.63. The summed E-state index contributed by atoms with van der Waals surface area (Å²) in [5, 5.41) is 0.445. The topological polar surface area (TPSA) is 26.3 Å². The van der Waals surface area contributed by atoms with Crippen molar-refractivity contribution in [3.8, 4) is 0 Å². The summed E-state index contributed by atoms with van der Waals surface area (Å²) in [6, 6.07) is 6.92. The van der Waals surface area contributed by atoms with E-state index in [9.17, 15) is 4.79 Å². The van der Waals surface area contributed by atoms with Crippen molar-refractivity contribution in [2.45, 2.75) is 6.92 Å². The monoisotopic (exact) mass is 224 g/mol. The molecule has 0 aromatic heterocycles. The maximum Gasteiger partial charge on any atom is 0.192 e. The Morgan fingerprint density at radius 1 is 1.47 bits per heavy atom. The van der Waals surface area contributed by atoms with Crippen LogP contribution in [0.2, 0.25) is 5.02 Å². The van der Waals surface area contributed by atoms with Crippen LogP contribution in [0.3, 0.4) is 0 Å². The van der Waals surface area contributed by atoms with E-state index in [2.05, 4.69) is 6.58 Å². The fourth-order valence-corrected chi connectivity index (χ4v) is 1.35. The Hall–Kier alpha value is -1.12. The number of rotatable bonds is 5. The lowest BCUT2D eigenvalue weighted by Gasteiger charge is -2.06. The van der Waals surface area contributed by atoms with E-state index in [4.69, 9.17) is 16.3 Å². The molecule has 3 heteroatoms. The second kappa shape index (κ2) is 5.69. The van der Waals surface area contributed by atoms with Crippen molar-refractivity contribution in [2.75, 3.05) is 13.2 Å². The van der Waals surface area contributed by atoms with Gasteiger partial charge in [-0.2, -0.15) is 0 Å². The molecule has 0 atom stereocenters. The van der Waals surface area contributed by atoms with Gasteiger partial charge in [-0.15, -0.1) is 0 Å². The third-order valence-corrected chi connectivity index (χ3v) is 2.25. The Morgan fingerprint density at radius 2 is 2.13 bits per heavy atom. The third kappa shape index (κ3) is 3.18. The molecule has 0 amide bonds. The van der Waals surface area contributed by atoms with Crippen molar-refractivity contribution in [3.63, 3.8) is 0 Å². The van der Waals surface area contributed by atoms with E-state index < -0.39 is 0 Å². The van der Waals surface area contributed by atoms with Crippen molar-refractivity contribution in [1.29, 1.82) is 0 Å². The molecule has 1 aromatic carbocycles. The molecule has 0 heterocycles. The lowest BCUT2D eigenvalue weighted by Crippen LogP contribution is -2.09. The molecule has 0 saturated heterocycles. The summed E-state index contributed by atoms with van der Waals surface area (Å²) in [6.07, 6.45) is 0. The minimum atomic E-state index is -0.158. The second-order valence-corrected chi connectivity index (χ2v) is 3.46. The molecule has 0 radical (unpaired) electrons. The van der Waals surface area contributed by atoms with Gasteiger partial charge >= 0.3 is 0 Å². The number of hydrogen-bond acceptors (Lipinski definition) is 2. The number of carbonyl (C=O) groups excluding carboxylic acids is 1. The van der Waals surface area contributed by atoms with E-state index in [-0.39, 0.29) is 12.4 Å². The number of hydrogen-bond donors (Lipinski definition) is 0. The smallest absolute Gasteiger partial charge is 0.192 e. The zero-order chi connectivity index (χ0) is 11.3. The number of Topliss-reactive ketones (excluding diaryl/α,β-unsaturated/α-hetero) is 1. The fourth-order valence-electron chi connectivity index (χ4n) is 1.13. The highest BCUT2D eigenvalue weighted by Gasteiger charge is 2.12. The fraction of sp³-hybridized carbons (Fsp3) is 0.250. The van der Waals surface area contributed by atoms with Crippen LogP contribution < -0.4 is 0 Å². The van der Waals surface area contributed by atoms with Crippen LogP contribution in [0, 0.1) is 0 Å². The normalized spacial score (nSPS) is 10.0. The summed E-state index contributed by atoms with van der Waals surface area (Å²) < 4.78 is 5.11. The number of ketones is 1.